The van der Waals surface area contributed by atoms with Crippen LogP contribution in [0, 0.1) is 6.92 Å². The minimum atomic E-state index is -0.0800. The second kappa shape index (κ2) is 8.53. The highest BCUT2D eigenvalue weighted by Gasteiger charge is 2.08. The van der Waals surface area contributed by atoms with Crippen LogP contribution in [0.1, 0.15) is 27.4 Å². The summed E-state index contributed by atoms with van der Waals surface area (Å²) in [5.41, 5.74) is 3.69. The summed E-state index contributed by atoms with van der Waals surface area (Å²) in [4.78, 5) is 16.8. The van der Waals surface area contributed by atoms with Gasteiger partial charge >= 0.3 is 0 Å². The summed E-state index contributed by atoms with van der Waals surface area (Å²) in [5.74, 6) is 1.60. The minimum Gasteiger partial charge on any atom is -0.352 e. The molecule has 4 aromatic rings. The number of aromatic nitrogens is 4. The van der Waals surface area contributed by atoms with Crippen LogP contribution < -0.4 is 5.32 Å². The molecule has 4 rings (SSSR count). The van der Waals surface area contributed by atoms with Crippen molar-refractivity contribution in [1.29, 1.82) is 0 Å². The highest BCUT2D eigenvalue weighted by atomic mass is 32.2. The van der Waals surface area contributed by atoms with E-state index >= 15 is 0 Å². The SMILES string of the molecule is Cc1csc(SCc2ccc(C(=O)NCCc3nnc4ccccn34)cc2)n1. The third-order valence-corrected chi connectivity index (χ3v) is 6.40. The summed E-state index contributed by atoms with van der Waals surface area (Å²) in [7, 11) is 0. The number of fused-ring (bicyclic) bond motifs is 1. The number of carbonyl (C=O) groups excluding carboxylic acids is 1. The van der Waals surface area contributed by atoms with Gasteiger partial charge in [0, 0.05) is 41.6 Å². The molecule has 0 saturated carbocycles. The van der Waals surface area contributed by atoms with Gasteiger partial charge < -0.3 is 5.32 Å². The van der Waals surface area contributed by atoms with Gasteiger partial charge in [0.1, 0.15) is 10.2 Å². The molecule has 0 spiro atoms. The van der Waals surface area contributed by atoms with Gasteiger partial charge in [0.2, 0.25) is 0 Å². The highest BCUT2D eigenvalue weighted by molar-refractivity contribution is 8.00. The minimum absolute atomic E-state index is 0.0800. The second-order valence-corrected chi connectivity index (χ2v) is 8.37. The van der Waals surface area contributed by atoms with Crippen LogP contribution >= 0.6 is 23.1 Å². The maximum Gasteiger partial charge on any atom is 0.251 e. The van der Waals surface area contributed by atoms with Gasteiger partial charge in [0.05, 0.1) is 0 Å². The molecule has 0 aliphatic rings. The van der Waals surface area contributed by atoms with Gasteiger partial charge in [0.15, 0.2) is 5.65 Å². The zero-order valence-corrected chi connectivity index (χ0v) is 17.0. The molecular weight excluding hydrogens is 390 g/mol. The summed E-state index contributed by atoms with van der Waals surface area (Å²) in [6.07, 6.45) is 2.55. The molecule has 142 valence electrons. The average Bonchev–Trinajstić information content (AvgIpc) is 3.33. The first-order chi connectivity index (χ1) is 13.7. The third kappa shape index (κ3) is 4.40. The molecule has 0 radical (unpaired) electrons. The van der Waals surface area contributed by atoms with Gasteiger partial charge in [-0.2, -0.15) is 0 Å². The highest BCUT2D eigenvalue weighted by Crippen LogP contribution is 2.26. The third-order valence-electron chi connectivity index (χ3n) is 4.19. The summed E-state index contributed by atoms with van der Waals surface area (Å²) < 4.78 is 3.00. The zero-order valence-electron chi connectivity index (χ0n) is 15.3. The fourth-order valence-corrected chi connectivity index (χ4v) is 4.55. The van der Waals surface area contributed by atoms with Gasteiger partial charge in [-0.15, -0.1) is 21.5 Å². The van der Waals surface area contributed by atoms with E-state index in [9.17, 15) is 4.79 Å². The van der Waals surface area contributed by atoms with Crippen molar-refractivity contribution in [3.05, 3.63) is 76.7 Å². The molecule has 0 aliphatic heterocycles. The number of hydrogen-bond donors (Lipinski definition) is 1. The van der Waals surface area contributed by atoms with Crippen LogP contribution in [0.2, 0.25) is 0 Å². The molecule has 0 saturated heterocycles. The molecule has 1 N–H and O–H groups in total. The second-order valence-electron chi connectivity index (χ2n) is 6.29. The molecule has 3 heterocycles. The van der Waals surface area contributed by atoms with E-state index < -0.39 is 0 Å². The molecule has 0 fully saturated rings. The van der Waals surface area contributed by atoms with E-state index in [-0.39, 0.29) is 5.91 Å². The van der Waals surface area contributed by atoms with E-state index in [1.165, 1.54) is 5.56 Å². The first kappa shape index (κ1) is 18.6. The molecule has 0 unspecified atom stereocenters. The van der Waals surface area contributed by atoms with Crippen molar-refractivity contribution in [3.63, 3.8) is 0 Å². The number of aryl methyl sites for hydroxylation is 1. The number of carbonyl (C=O) groups is 1. The fraction of sp³-hybridized carbons (Fsp3) is 0.200. The molecule has 1 amide bonds. The lowest BCUT2D eigenvalue weighted by molar-refractivity contribution is 0.0954. The topological polar surface area (TPSA) is 72.2 Å². The molecule has 0 bridgehead atoms. The van der Waals surface area contributed by atoms with E-state index in [0.29, 0.717) is 18.5 Å². The van der Waals surface area contributed by atoms with Gasteiger partial charge in [-0.05, 0) is 36.8 Å². The Balaban J connectivity index is 1.28. The maximum atomic E-state index is 12.4. The summed E-state index contributed by atoms with van der Waals surface area (Å²) in [5, 5.41) is 13.3. The van der Waals surface area contributed by atoms with E-state index in [1.54, 1.807) is 23.1 Å². The molecule has 6 nitrogen and oxygen atoms in total. The van der Waals surface area contributed by atoms with Gasteiger partial charge in [-0.3, -0.25) is 9.20 Å². The number of rotatable bonds is 7. The normalized spacial score (nSPS) is 11.0. The summed E-state index contributed by atoms with van der Waals surface area (Å²) in [6, 6.07) is 13.5. The molecule has 28 heavy (non-hydrogen) atoms. The Morgan fingerprint density at radius 1 is 1.18 bits per heavy atom. The number of hydrogen-bond acceptors (Lipinski definition) is 6. The number of nitrogens with one attached hydrogen (secondary N) is 1. The molecule has 0 aliphatic carbocycles. The number of amides is 1. The molecule has 3 aromatic heterocycles. The lowest BCUT2D eigenvalue weighted by Crippen LogP contribution is -2.26. The van der Waals surface area contributed by atoms with Crippen LogP contribution in [0.15, 0.2) is 58.4 Å². The van der Waals surface area contributed by atoms with E-state index in [1.807, 2.05) is 60.0 Å². The van der Waals surface area contributed by atoms with Gasteiger partial charge in [-0.25, -0.2) is 4.98 Å². The van der Waals surface area contributed by atoms with Crippen molar-refractivity contribution in [3.8, 4) is 0 Å². The molecule has 8 heteroatoms. The van der Waals surface area contributed by atoms with Crippen molar-refractivity contribution in [2.24, 2.45) is 0 Å². The summed E-state index contributed by atoms with van der Waals surface area (Å²) >= 11 is 3.38. The van der Waals surface area contributed by atoms with Gasteiger partial charge in [-0.1, -0.05) is 30.0 Å². The summed E-state index contributed by atoms with van der Waals surface area (Å²) in [6.45, 7) is 2.51. The number of thiazole rings is 1. The average molecular weight is 410 g/mol. The Hall–Kier alpha value is -2.71. The van der Waals surface area contributed by atoms with Crippen LogP contribution in [0.25, 0.3) is 5.65 Å². The largest absolute Gasteiger partial charge is 0.352 e. The smallest absolute Gasteiger partial charge is 0.251 e. The molecule has 1 aromatic carbocycles. The Kier molecular flexibility index (Phi) is 5.68. The Morgan fingerprint density at radius 3 is 2.82 bits per heavy atom. The number of pyridine rings is 1. The maximum absolute atomic E-state index is 12.4. The monoisotopic (exact) mass is 409 g/mol. The Morgan fingerprint density at radius 2 is 2.04 bits per heavy atom. The van der Waals surface area contributed by atoms with Crippen LogP contribution in [-0.4, -0.2) is 32.0 Å². The first-order valence-electron chi connectivity index (χ1n) is 8.90. The van der Waals surface area contributed by atoms with E-state index in [4.69, 9.17) is 0 Å². The standard InChI is InChI=1S/C20H19N5OS2/c1-14-12-27-20(22-14)28-13-15-5-7-16(8-6-15)19(26)21-10-9-18-24-23-17-4-2-3-11-25(17)18/h2-8,11-12H,9-10,13H2,1H3,(H,21,26). The molecule has 0 atom stereocenters. The number of nitrogens with zero attached hydrogens (tertiary/aromatic N) is 4. The zero-order chi connectivity index (χ0) is 19.3. The van der Waals surface area contributed by atoms with E-state index in [0.717, 1.165) is 27.3 Å². The lowest BCUT2D eigenvalue weighted by atomic mass is 10.1. The van der Waals surface area contributed by atoms with Crippen LogP contribution in [0.3, 0.4) is 0 Å². The van der Waals surface area contributed by atoms with Crippen molar-refractivity contribution in [1.82, 2.24) is 24.9 Å². The number of thioether (sulfide) groups is 1. The van der Waals surface area contributed by atoms with Crippen molar-refractivity contribution >= 4 is 34.7 Å². The predicted molar refractivity (Wildman–Crippen MR) is 112 cm³/mol. The fourth-order valence-electron chi connectivity index (χ4n) is 2.75. The van der Waals surface area contributed by atoms with Crippen LogP contribution in [0.4, 0.5) is 0 Å². The Bertz CT molecular complexity index is 1090. The quantitative estimate of drug-likeness (QED) is 0.471. The van der Waals surface area contributed by atoms with Crippen LogP contribution in [-0.2, 0) is 12.2 Å². The van der Waals surface area contributed by atoms with E-state index in [2.05, 4.69) is 25.9 Å². The Labute approximate surface area is 171 Å². The number of benzene rings is 1. The molecular formula is C20H19N5OS2. The van der Waals surface area contributed by atoms with Crippen molar-refractivity contribution < 1.29 is 4.79 Å². The van der Waals surface area contributed by atoms with Crippen LogP contribution in [0.5, 0.6) is 0 Å². The van der Waals surface area contributed by atoms with Crippen molar-refractivity contribution in [2.75, 3.05) is 6.54 Å². The van der Waals surface area contributed by atoms with Gasteiger partial charge in [0.25, 0.3) is 5.91 Å². The first-order valence-corrected chi connectivity index (χ1v) is 10.8. The lowest BCUT2D eigenvalue weighted by Gasteiger charge is -2.06. The van der Waals surface area contributed by atoms with Crippen molar-refractivity contribution in [2.45, 2.75) is 23.4 Å². The predicted octanol–water partition coefficient (Wildman–Crippen LogP) is 3.76.